The normalized spacial score (nSPS) is 16.2. The zero-order valence-electron chi connectivity index (χ0n) is 14.4. The quantitative estimate of drug-likeness (QED) is 0.755. The summed E-state index contributed by atoms with van der Waals surface area (Å²) >= 11 is 3.91. The highest BCUT2D eigenvalue weighted by atomic mass is 32.2. The van der Waals surface area contributed by atoms with Gasteiger partial charge in [-0.2, -0.15) is 0 Å². The molecule has 0 aromatic heterocycles. The van der Waals surface area contributed by atoms with Crippen molar-refractivity contribution in [3.63, 3.8) is 0 Å². The van der Waals surface area contributed by atoms with Crippen molar-refractivity contribution in [3.8, 4) is 0 Å². The molecule has 132 valence electrons. The molecule has 0 spiro atoms. The molecule has 0 aliphatic carbocycles. The van der Waals surface area contributed by atoms with Crippen molar-refractivity contribution in [2.45, 2.75) is 24.5 Å². The second-order valence-corrected chi connectivity index (χ2v) is 9.17. The summed E-state index contributed by atoms with van der Waals surface area (Å²) in [4.78, 5) is 12.6. The molecule has 1 atom stereocenters. The second kappa shape index (κ2) is 8.28. The summed E-state index contributed by atoms with van der Waals surface area (Å²) in [5, 5.41) is 3.09. The van der Waals surface area contributed by atoms with E-state index in [2.05, 4.69) is 5.32 Å². The molecule has 1 unspecified atom stereocenters. The molecule has 1 aliphatic rings. The monoisotopic (exact) mass is 375 g/mol. The summed E-state index contributed by atoms with van der Waals surface area (Å²) in [6.07, 6.45) is 0. The largest absolute Gasteiger partial charge is 0.345 e. The second-order valence-electron chi connectivity index (χ2n) is 6.44. The number of carbonyl (C=O) groups is 1. The Morgan fingerprint density at radius 2 is 1.64 bits per heavy atom. The van der Waals surface area contributed by atoms with E-state index in [1.54, 1.807) is 12.1 Å². The van der Waals surface area contributed by atoms with Gasteiger partial charge in [-0.05, 0) is 41.3 Å². The molecule has 0 bridgehead atoms. The van der Waals surface area contributed by atoms with Gasteiger partial charge in [0.05, 0.1) is 10.6 Å². The first kappa shape index (κ1) is 18.3. The van der Waals surface area contributed by atoms with Crippen molar-refractivity contribution in [1.82, 2.24) is 5.32 Å². The predicted molar refractivity (Wildman–Crippen MR) is 106 cm³/mol. The Morgan fingerprint density at radius 1 is 1.04 bits per heavy atom. The lowest BCUT2D eigenvalue weighted by Gasteiger charge is -2.23. The smallest absolute Gasteiger partial charge is 0.251 e. The van der Waals surface area contributed by atoms with Crippen LogP contribution in [0.25, 0.3) is 0 Å². The Kier molecular flexibility index (Phi) is 6.07. The van der Waals surface area contributed by atoms with Gasteiger partial charge in [0, 0.05) is 17.1 Å². The molecular formula is C20H22FNOS2. The third-order valence-electron chi connectivity index (χ3n) is 4.25. The molecule has 5 heteroatoms. The van der Waals surface area contributed by atoms with E-state index in [1.807, 2.05) is 61.6 Å². The van der Waals surface area contributed by atoms with Crippen LogP contribution in [0.4, 0.5) is 4.39 Å². The fourth-order valence-corrected chi connectivity index (χ4v) is 5.73. The van der Waals surface area contributed by atoms with Gasteiger partial charge in [-0.1, -0.05) is 38.1 Å². The number of amides is 1. The van der Waals surface area contributed by atoms with E-state index in [0.29, 0.717) is 10.1 Å². The highest BCUT2D eigenvalue weighted by Gasteiger charge is 2.21. The van der Waals surface area contributed by atoms with Gasteiger partial charge in [0.1, 0.15) is 5.82 Å². The van der Waals surface area contributed by atoms with Gasteiger partial charge in [-0.15, -0.1) is 23.5 Å². The van der Waals surface area contributed by atoms with Crippen LogP contribution in [-0.2, 0) is 0 Å². The Labute approximate surface area is 157 Å². The maximum absolute atomic E-state index is 13.2. The van der Waals surface area contributed by atoms with Crippen molar-refractivity contribution < 1.29 is 9.18 Å². The molecule has 2 aromatic carbocycles. The van der Waals surface area contributed by atoms with Gasteiger partial charge >= 0.3 is 0 Å². The lowest BCUT2D eigenvalue weighted by atomic mass is 9.95. The van der Waals surface area contributed by atoms with Crippen LogP contribution in [0.3, 0.4) is 0 Å². The average molecular weight is 376 g/mol. The third kappa shape index (κ3) is 4.59. The Bertz CT molecular complexity index is 709. The fraction of sp³-hybridized carbons (Fsp3) is 0.350. The van der Waals surface area contributed by atoms with E-state index in [1.165, 1.54) is 29.2 Å². The number of thioether (sulfide) groups is 2. The minimum Gasteiger partial charge on any atom is -0.345 e. The van der Waals surface area contributed by atoms with E-state index in [0.717, 1.165) is 5.56 Å². The van der Waals surface area contributed by atoms with E-state index >= 15 is 0 Å². The van der Waals surface area contributed by atoms with Gasteiger partial charge in [-0.3, -0.25) is 4.79 Å². The molecule has 1 aliphatic heterocycles. The lowest BCUT2D eigenvalue weighted by Crippen LogP contribution is -2.31. The molecule has 1 saturated heterocycles. The van der Waals surface area contributed by atoms with E-state index < -0.39 is 0 Å². The summed E-state index contributed by atoms with van der Waals surface area (Å²) in [5.74, 6) is 2.22. The fourth-order valence-electron chi connectivity index (χ4n) is 2.87. The molecule has 2 nitrogen and oxygen atoms in total. The molecule has 1 amide bonds. The van der Waals surface area contributed by atoms with Gasteiger partial charge in [0.25, 0.3) is 5.91 Å². The maximum Gasteiger partial charge on any atom is 0.251 e. The molecule has 1 fully saturated rings. The van der Waals surface area contributed by atoms with Crippen molar-refractivity contribution in [3.05, 3.63) is 71.0 Å². The zero-order chi connectivity index (χ0) is 17.8. The topological polar surface area (TPSA) is 29.1 Å². The average Bonchev–Trinajstić information content (AvgIpc) is 3.15. The molecule has 3 rings (SSSR count). The summed E-state index contributed by atoms with van der Waals surface area (Å²) in [6.45, 7) is 4.10. The Morgan fingerprint density at radius 3 is 2.20 bits per heavy atom. The third-order valence-corrected chi connectivity index (χ3v) is 7.35. The SMILES string of the molecule is CC(C)C(NC(=O)c1ccc(C2SCCS2)cc1)c1ccc(F)cc1. The van der Waals surface area contributed by atoms with E-state index in [-0.39, 0.29) is 23.7 Å². The molecule has 1 heterocycles. The minimum absolute atomic E-state index is 0.0960. The number of hydrogen-bond acceptors (Lipinski definition) is 3. The number of carbonyl (C=O) groups excluding carboxylic acids is 1. The molecule has 2 aromatic rings. The number of hydrogen-bond donors (Lipinski definition) is 1. The first-order valence-corrected chi connectivity index (χ1v) is 10.5. The summed E-state index contributed by atoms with van der Waals surface area (Å²) in [7, 11) is 0. The molecule has 0 radical (unpaired) electrons. The molecular weight excluding hydrogens is 353 g/mol. The Hall–Kier alpha value is -1.46. The highest BCUT2D eigenvalue weighted by molar-refractivity contribution is 8.19. The molecule has 0 saturated carbocycles. The first-order chi connectivity index (χ1) is 12.0. The van der Waals surface area contributed by atoms with Gasteiger partial charge in [0.2, 0.25) is 0 Å². The van der Waals surface area contributed by atoms with Crippen LogP contribution in [0.2, 0.25) is 0 Å². The van der Waals surface area contributed by atoms with Crippen LogP contribution in [0, 0.1) is 11.7 Å². The van der Waals surface area contributed by atoms with E-state index in [4.69, 9.17) is 0 Å². The molecule has 1 N–H and O–H groups in total. The van der Waals surface area contributed by atoms with Crippen LogP contribution in [0.15, 0.2) is 48.5 Å². The maximum atomic E-state index is 13.2. The molecule has 25 heavy (non-hydrogen) atoms. The summed E-state index contributed by atoms with van der Waals surface area (Å²) in [5.41, 5.74) is 2.84. The van der Waals surface area contributed by atoms with Crippen molar-refractivity contribution in [2.75, 3.05) is 11.5 Å². The van der Waals surface area contributed by atoms with Crippen molar-refractivity contribution in [1.29, 1.82) is 0 Å². The first-order valence-electron chi connectivity index (χ1n) is 8.44. The zero-order valence-corrected chi connectivity index (χ0v) is 16.0. The summed E-state index contributed by atoms with van der Waals surface area (Å²) < 4.78 is 13.6. The Balaban J connectivity index is 1.71. The van der Waals surface area contributed by atoms with Crippen LogP contribution in [0.5, 0.6) is 0 Å². The van der Waals surface area contributed by atoms with E-state index in [9.17, 15) is 9.18 Å². The van der Waals surface area contributed by atoms with Crippen LogP contribution in [-0.4, -0.2) is 17.4 Å². The number of nitrogens with one attached hydrogen (secondary N) is 1. The number of halogens is 1. The lowest BCUT2D eigenvalue weighted by molar-refractivity contribution is 0.0925. The van der Waals surface area contributed by atoms with Crippen molar-refractivity contribution in [2.24, 2.45) is 5.92 Å². The predicted octanol–water partition coefficient (Wildman–Crippen LogP) is 5.43. The van der Waals surface area contributed by atoms with Gasteiger partial charge < -0.3 is 5.32 Å². The number of benzene rings is 2. The van der Waals surface area contributed by atoms with Gasteiger partial charge in [0.15, 0.2) is 0 Å². The standard InChI is InChI=1S/C20H22FNOS2/c1-13(2)18(14-7-9-17(21)10-8-14)22-19(23)15-3-5-16(6-4-15)20-24-11-12-25-20/h3-10,13,18,20H,11-12H2,1-2H3,(H,22,23). The van der Waals surface area contributed by atoms with Gasteiger partial charge in [-0.25, -0.2) is 4.39 Å². The number of rotatable bonds is 5. The minimum atomic E-state index is -0.268. The van der Waals surface area contributed by atoms with Crippen LogP contribution >= 0.6 is 23.5 Å². The van der Waals surface area contributed by atoms with Crippen molar-refractivity contribution >= 4 is 29.4 Å². The van der Waals surface area contributed by atoms with Crippen LogP contribution < -0.4 is 5.32 Å². The summed E-state index contributed by atoms with van der Waals surface area (Å²) in [6, 6.07) is 14.1. The van der Waals surface area contributed by atoms with Crippen LogP contribution in [0.1, 0.15) is 46.0 Å². The highest BCUT2D eigenvalue weighted by Crippen LogP contribution is 2.45.